The maximum absolute atomic E-state index is 13.7. The van der Waals surface area contributed by atoms with E-state index in [1.165, 1.54) is 23.9 Å². The van der Waals surface area contributed by atoms with Gasteiger partial charge in [-0.2, -0.15) is 0 Å². The molecule has 1 N–H and O–H groups in total. The van der Waals surface area contributed by atoms with Gasteiger partial charge < -0.3 is 15.0 Å². The second-order valence-corrected chi connectivity index (χ2v) is 13.4. The van der Waals surface area contributed by atoms with Crippen molar-refractivity contribution in [2.24, 2.45) is 0 Å². The minimum absolute atomic E-state index is 0.0322. The monoisotopic (exact) mass is 645 g/mol. The zero-order valence-corrected chi connectivity index (χ0v) is 26.8. The van der Waals surface area contributed by atoms with Crippen LogP contribution in [0.15, 0.2) is 36.4 Å². The van der Waals surface area contributed by atoms with E-state index in [1.807, 2.05) is 6.92 Å². The SMILES string of the molecule is CC[C@@H](C(=O)NC1CCCCC1)N(Cc1ccc(Cl)c(Cl)c1)C(=O)CCCN(c1ccc(OC)c(Cl)c1)S(C)(=O)=O. The molecule has 0 radical (unpaired) electrons. The molecule has 0 unspecified atom stereocenters. The number of hydrogen-bond acceptors (Lipinski definition) is 5. The fourth-order valence-electron chi connectivity index (χ4n) is 5.11. The Bertz CT molecular complexity index is 1320. The second kappa shape index (κ2) is 15.3. The van der Waals surface area contributed by atoms with Gasteiger partial charge in [0.05, 0.1) is 34.1 Å². The topological polar surface area (TPSA) is 96.0 Å². The van der Waals surface area contributed by atoms with Gasteiger partial charge in [-0.05, 0) is 61.6 Å². The Hall–Kier alpha value is -2.20. The van der Waals surface area contributed by atoms with Crippen LogP contribution in [0.1, 0.15) is 63.9 Å². The number of benzene rings is 2. The summed E-state index contributed by atoms with van der Waals surface area (Å²) in [6, 6.07) is 9.26. The first-order valence-electron chi connectivity index (χ1n) is 13.8. The molecule has 0 aliphatic heterocycles. The van der Waals surface area contributed by atoms with Crippen molar-refractivity contribution in [3.05, 3.63) is 57.0 Å². The number of methoxy groups -OCH3 is 1. The molecule has 3 rings (SSSR count). The van der Waals surface area contributed by atoms with Gasteiger partial charge >= 0.3 is 0 Å². The summed E-state index contributed by atoms with van der Waals surface area (Å²) in [6.07, 6.45) is 6.96. The molecule has 1 atom stereocenters. The van der Waals surface area contributed by atoms with Crippen molar-refractivity contribution in [3.63, 3.8) is 0 Å². The normalized spacial score (nSPS) is 14.8. The number of rotatable bonds is 13. The summed E-state index contributed by atoms with van der Waals surface area (Å²) in [4.78, 5) is 28.7. The molecule has 1 aliphatic carbocycles. The number of amides is 2. The van der Waals surface area contributed by atoms with Crippen molar-refractivity contribution in [3.8, 4) is 5.75 Å². The number of anilines is 1. The van der Waals surface area contributed by atoms with E-state index in [1.54, 1.807) is 35.2 Å². The summed E-state index contributed by atoms with van der Waals surface area (Å²) in [5.74, 6) is -0.0181. The van der Waals surface area contributed by atoms with E-state index in [4.69, 9.17) is 39.5 Å². The minimum Gasteiger partial charge on any atom is -0.495 e. The highest BCUT2D eigenvalue weighted by atomic mass is 35.5. The minimum atomic E-state index is -3.66. The molecule has 8 nitrogen and oxygen atoms in total. The first-order valence-corrected chi connectivity index (χ1v) is 16.8. The smallest absolute Gasteiger partial charge is 0.243 e. The lowest BCUT2D eigenvalue weighted by Gasteiger charge is -2.33. The number of nitrogens with one attached hydrogen (secondary N) is 1. The Morgan fingerprint density at radius 3 is 2.32 bits per heavy atom. The molecule has 226 valence electrons. The van der Waals surface area contributed by atoms with Gasteiger partial charge in [0.25, 0.3) is 0 Å². The van der Waals surface area contributed by atoms with Crippen LogP contribution in [0.2, 0.25) is 15.1 Å². The summed E-state index contributed by atoms with van der Waals surface area (Å²) in [5.41, 5.74) is 1.11. The fourth-order valence-corrected chi connectivity index (χ4v) is 6.64. The van der Waals surface area contributed by atoms with Gasteiger partial charge in [0.1, 0.15) is 11.8 Å². The van der Waals surface area contributed by atoms with Crippen molar-refractivity contribution in [2.45, 2.75) is 76.9 Å². The Kier molecular flexibility index (Phi) is 12.4. The van der Waals surface area contributed by atoms with Crippen molar-refractivity contribution >= 4 is 62.3 Å². The molecule has 2 aromatic rings. The number of carbonyl (C=O) groups excluding carboxylic acids is 2. The van der Waals surface area contributed by atoms with Gasteiger partial charge in [-0.3, -0.25) is 13.9 Å². The largest absolute Gasteiger partial charge is 0.495 e. The maximum Gasteiger partial charge on any atom is 0.243 e. The van der Waals surface area contributed by atoms with Crippen molar-refractivity contribution in [1.82, 2.24) is 10.2 Å². The van der Waals surface area contributed by atoms with Gasteiger partial charge in [-0.15, -0.1) is 0 Å². The van der Waals surface area contributed by atoms with Crippen LogP contribution >= 0.6 is 34.8 Å². The summed E-state index contributed by atoms with van der Waals surface area (Å²) in [5, 5.41) is 4.18. The van der Waals surface area contributed by atoms with Gasteiger partial charge in [0.15, 0.2) is 0 Å². The molecule has 41 heavy (non-hydrogen) atoms. The maximum atomic E-state index is 13.7. The Morgan fingerprint density at radius 1 is 1.02 bits per heavy atom. The third kappa shape index (κ3) is 9.40. The average molecular weight is 647 g/mol. The van der Waals surface area contributed by atoms with E-state index in [2.05, 4.69) is 5.32 Å². The standard InChI is InChI=1S/C29H38Cl3N3O5S/c1-4-26(29(37)33-21-9-6-5-7-10-21)34(19-20-12-14-23(30)24(31)17-20)28(36)11-8-16-35(41(3,38)39)22-13-15-27(40-2)25(32)18-22/h12-15,17-18,21,26H,4-11,16,19H2,1-3H3,(H,33,37)/t26-/m0/s1. The Balaban J connectivity index is 1.79. The van der Waals surface area contributed by atoms with Crippen LogP contribution in [-0.4, -0.2) is 57.1 Å². The summed E-state index contributed by atoms with van der Waals surface area (Å²) < 4.78 is 31.6. The highest BCUT2D eigenvalue weighted by Gasteiger charge is 2.30. The van der Waals surface area contributed by atoms with Crippen molar-refractivity contribution < 1.29 is 22.7 Å². The van der Waals surface area contributed by atoms with Gasteiger partial charge in [0, 0.05) is 25.6 Å². The molecule has 0 spiro atoms. The van der Waals surface area contributed by atoms with Crippen LogP contribution in [0.4, 0.5) is 5.69 Å². The van der Waals surface area contributed by atoms with Crippen LogP contribution in [0, 0.1) is 0 Å². The number of hydrogen-bond donors (Lipinski definition) is 1. The van der Waals surface area contributed by atoms with E-state index in [9.17, 15) is 18.0 Å². The first kappa shape index (κ1) is 33.3. The predicted octanol–water partition coefficient (Wildman–Crippen LogP) is 6.46. The number of sulfonamides is 1. The number of halogens is 3. The molecule has 12 heteroatoms. The molecule has 1 fully saturated rings. The zero-order valence-electron chi connectivity index (χ0n) is 23.7. The average Bonchev–Trinajstić information content (AvgIpc) is 2.92. The molecule has 2 aromatic carbocycles. The van der Waals surface area contributed by atoms with Crippen LogP contribution in [0.3, 0.4) is 0 Å². The van der Waals surface area contributed by atoms with Gasteiger partial charge in [-0.1, -0.05) is 67.1 Å². The lowest BCUT2D eigenvalue weighted by atomic mass is 9.95. The third-order valence-corrected chi connectivity index (χ3v) is 9.48. The number of nitrogens with zero attached hydrogens (tertiary/aromatic N) is 2. The molecule has 1 saturated carbocycles. The molecule has 1 aliphatic rings. The summed E-state index contributed by atoms with van der Waals surface area (Å²) in [7, 11) is -2.19. The number of carbonyl (C=O) groups is 2. The summed E-state index contributed by atoms with van der Waals surface area (Å²) >= 11 is 18.6. The van der Waals surface area contributed by atoms with Crippen LogP contribution in [0.5, 0.6) is 5.75 Å². The molecule has 0 bridgehead atoms. The third-order valence-electron chi connectivity index (χ3n) is 7.25. The quantitative estimate of drug-likeness (QED) is 0.270. The van der Waals surface area contributed by atoms with Crippen LogP contribution < -0.4 is 14.4 Å². The number of ether oxygens (including phenoxy) is 1. The van der Waals surface area contributed by atoms with E-state index in [0.29, 0.717) is 27.9 Å². The van der Waals surface area contributed by atoms with Gasteiger partial charge in [-0.25, -0.2) is 8.42 Å². The zero-order chi connectivity index (χ0) is 30.2. The van der Waals surface area contributed by atoms with E-state index < -0.39 is 16.1 Å². The molecule has 2 amide bonds. The van der Waals surface area contributed by atoms with Crippen LogP contribution in [0.25, 0.3) is 0 Å². The van der Waals surface area contributed by atoms with E-state index in [-0.39, 0.29) is 48.8 Å². The second-order valence-electron chi connectivity index (χ2n) is 10.3. The molecular formula is C29H38Cl3N3O5S. The lowest BCUT2D eigenvalue weighted by molar-refractivity contribution is -0.141. The fraction of sp³-hybridized carbons (Fsp3) is 0.517. The highest BCUT2D eigenvalue weighted by molar-refractivity contribution is 7.92. The molecule has 0 heterocycles. The molecule has 0 aromatic heterocycles. The molecular weight excluding hydrogens is 609 g/mol. The first-order chi connectivity index (χ1) is 19.4. The van der Waals surface area contributed by atoms with E-state index in [0.717, 1.165) is 37.5 Å². The van der Waals surface area contributed by atoms with Crippen molar-refractivity contribution in [1.29, 1.82) is 0 Å². The van der Waals surface area contributed by atoms with Crippen LogP contribution in [-0.2, 0) is 26.2 Å². The van der Waals surface area contributed by atoms with Gasteiger partial charge in [0.2, 0.25) is 21.8 Å². The molecule has 0 saturated heterocycles. The highest BCUT2D eigenvalue weighted by Crippen LogP contribution is 2.31. The Morgan fingerprint density at radius 2 is 1.73 bits per heavy atom. The van der Waals surface area contributed by atoms with Crippen molar-refractivity contribution in [2.75, 3.05) is 24.2 Å². The lowest BCUT2D eigenvalue weighted by Crippen LogP contribution is -2.51. The van der Waals surface area contributed by atoms with E-state index >= 15 is 0 Å². The predicted molar refractivity (Wildman–Crippen MR) is 166 cm³/mol. The summed E-state index contributed by atoms with van der Waals surface area (Å²) in [6.45, 7) is 2.09. The Labute approximate surface area is 258 Å².